The first-order valence-electron chi connectivity index (χ1n) is 10.8. The van der Waals surface area contributed by atoms with E-state index in [0.717, 1.165) is 11.1 Å². The van der Waals surface area contributed by atoms with Crippen molar-refractivity contribution >= 4 is 15.9 Å². The Morgan fingerprint density at radius 2 is 1.59 bits per heavy atom. The van der Waals surface area contributed by atoms with Crippen LogP contribution >= 0.6 is 0 Å². The molecule has 10 nitrogen and oxygen atoms in total. The van der Waals surface area contributed by atoms with Crippen LogP contribution in [0.3, 0.4) is 0 Å². The van der Waals surface area contributed by atoms with E-state index >= 15 is 0 Å². The number of likely N-dealkylation sites (N-methyl/N-ethyl adjacent to an activating group) is 1. The second-order valence-corrected chi connectivity index (χ2v) is 10.2. The summed E-state index contributed by atoms with van der Waals surface area (Å²) < 4.78 is 57.0. The van der Waals surface area contributed by atoms with Crippen molar-refractivity contribution < 1.29 is 36.9 Å². The molecule has 0 aromatic heterocycles. The Morgan fingerprint density at radius 1 is 0.912 bits per heavy atom. The minimum atomic E-state index is -4.04. The highest BCUT2D eigenvalue weighted by molar-refractivity contribution is 7.89. The van der Waals surface area contributed by atoms with E-state index in [1.54, 1.807) is 26.2 Å². The fraction of sp³-hybridized carbons (Fsp3) is 0.435. The molecule has 34 heavy (non-hydrogen) atoms. The van der Waals surface area contributed by atoms with E-state index in [1.807, 2.05) is 12.1 Å². The first kappa shape index (κ1) is 22.6. The van der Waals surface area contributed by atoms with Crippen LogP contribution in [0.15, 0.2) is 17.0 Å². The third-order valence-electron chi connectivity index (χ3n) is 6.57. The van der Waals surface area contributed by atoms with Gasteiger partial charge in [0.15, 0.2) is 23.0 Å². The molecule has 0 radical (unpaired) electrons. The van der Waals surface area contributed by atoms with Crippen molar-refractivity contribution in [3.63, 3.8) is 0 Å². The minimum Gasteiger partial charge on any atom is -0.493 e. The molecular formula is C23H26N2O8S. The molecule has 0 aliphatic carbocycles. The van der Waals surface area contributed by atoms with Gasteiger partial charge in [0.25, 0.3) is 5.91 Å². The summed E-state index contributed by atoms with van der Waals surface area (Å²) >= 11 is 0. The molecule has 0 unspecified atom stereocenters. The first-order chi connectivity index (χ1) is 16.3. The molecule has 0 bridgehead atoms. The number of nitrogens with zero attached hydrogens (tertiary/aromatic N) is 2. The fourth-order valence-electron chi connectivity index (χ4n) is 4.81. The Hall–Kier alpha value is -3.18. The van der Waals surface area contributed by atoms with Gasteiger partial charge in [-0.15, -0.1) is 0 Å². The number of rotatable bonds is 5. The number of hydrogen-bond acceptors (Lipinski definition) is 8. The van der Waals surface area contributed by atoms with Gasteiger partial charge in [-0.3, -0.25) is 4.79 Å². The summed E-state index contributed by atoms with van der Waals surface area (Å²) in [5, 5.41) is 0. The van der Waals surface area contributed by atoms with Crippen molar-refractivity contribution in [2.24, 2.45) is 0 Å². The zero-order valence-electron chi connectivity index (χ0n) is 19.5. The molecule has 11 heteroatoms. The van der Waals surface area contributed by atoms with Crippen LogP contribution in [0, 0.1) is 0 Å². The highest BCUT2D eigenvalue weighted by atomic mass is 32.2. The van der Waals surface area contributed by atoms with Crippen molar-refractivity contribution in [3.05, 3.63) is 34.4 Å². The Bertz CT molecular complexity index is 1290. The molecule has 0 saturated carbocycles. The van der Waals surface area contributed by atoms with Crippen molar-refractivity contribution in [2.75, 3.05) is 48.3 Å². The van der Waals surface area contributed by atoms with E-state index in [2.05, 4.69) is 0 Å². The number of sulfonamides is 1. The highest BCUT2D eigenvalue weighted by Crippen LogP contribution is 2.52. The normalized spacial score (nSPS) is 17.3. The lowest BCUT2D eigenvalue weighted by atomic mass is 9.97. The summed E-state index contributed by atoms with van der Waals surface area (Å²) in [6.45, 7) is 0.662. The number of carbonyl (C=O) groups excluding carboxylic acids is 1. The maximum absolute atomic E-state index is 14.1. The lowest BCUT2D eigenvalue weighted by Crippen LogP contribution is -2.39. The number of fused-ring (bicyclic) bond motifs is 3. The molecule has 5 rings (SSSR count). The molecule has 0 N–H and O–H groups in total. The van der Waals surface area contributed by atoms with E-state index in [9.17, 15) is 13.2 Å². The van der Waals surface area contributed by atoms with Crippen LogP contribution in [-0.4, -0.2) is 71.8 Å². The smallest absolute Gasteiger partial charge is 0.257 e. The number of carbonyl (C=O) groups is 1. The summed E-state index contributed by atoms with van der Waals surface area (Å²) in [7, 11) is 2.17. The number of benzene rings is 2. The fourth-order valence-corrected chi connectivity index (χ4v) is 6.61. The first-order valence-corrected chi connectivity index (χ1v) is 12.3. The summed E-state index contributed by atoms with van der Waals surface area (Å²) in [6.07, 6.45) is 0.864. The maximum Gasteiger partial charge on any atom is 0.257 e. The molecular weight excluding hydrogens is 464 g/mol. The van der Waals surface area contributed by atoms with Gasteiger partial charge in [0.05, 0.1) is 26.9 Å². The van der Waals surface area contributed by atoms with Gasteiger partial charge in [0.2, 0.25) is 22.6 Å². The zero-order chi connectivity index (χ0) is 24.2. The third kappa shape index (κ3) is 3.25. The van der Waals surface area contributed by atoms with Gasteiger partial charge < -0.3 is 28.6 Å². The van der Waals surface area contributed by atoms with Gasteiger partial charge in [-0.05, 0) is 41.7 Å². The average molecular weight is 491 g/mol. The van der Waals surface area contributed by atoms with E-state index in [1.165, 1.54) is 11.4 Å². The summed E-state index contributed by atoms with van der Waals surface area (Å²) in [5.74, 6) is 1.28. The minimum absolute atomic E-state index is 0.0128. The zero-order valence-corrected chi connectivity index (χ0v) is 20.3. The van der Waals surface area contributed by atoms with Crippen LogP contribution in [0.25, 0.3) is 0 Å². The van der Waals surface area contributed by atoms with Crippen LogP contribution in [0.4, 0.5) is 0 Å². The Morgan fingerprint density at radius 3 is 2.26 bits per heavy atom. The lowest BCUT2D eigenvalue weighted by molar-refractivity contribution is 0.0775. The van der Waals surface area contributed by atoms with Crippen molar-refractivity contribution in [3.8, 4) is 28.7 Å². The molecule has 3 aliphatic rings. The highest BCUT2D eigenvalue weighted by Gasteiger charge is 2.43. The van der Waals surface area contributed by atoms with Gasteiger partial charge in [0.1, 0.15) is 4.90 Å². The Labute approximate surface area is 197 Å². The van der Waals surface area contributed by atoms with E-state index in [4.69, 9.17) is 23.7 Å². The Balaban J connectivity index is 1.64. The molecule has 0 spiro atoms. The van der Waals surface area contributed by atoms with Crippen LogP contribution in [0.1, 0.15) is 27.0 Å². The largest absolute Gasteiger partial charge is 0.493 e. The summed E-state index contributed by atoms with van der Waals surface area (Å²) in [5.41, 5.74) is 2.45. The number of methoxy groups -OCH3 is 3. The molecule has 1 amide bonds. The Kier molecular flexibility index (Phi) is 5.48. The quantitative estimate of drug-likeness (QED) is 0.625. The van der Waals surface area contributed by atoms with Crippen molar-refractivity contribution in [1.29, 1.82) is 0 Å². The maximum atomic E-state index is 14.1. The van der Waals surface area contributed by atoms with Gasteiger partial charge in [0, 0.05) is 26.7 Å². The average Bonchev–Trinajstić information content (AvgIpc) is 3.32. The number of amides is 1. The summed E-state index contributed by atoms with van der Waals surface area (Å²) in [4.78, 5) is 14.6. The molecule has 3 heterocycles. The third-order valence-corrected chi connectivity index (χ3v) is 8.51. The van der Waals surface area contributed by atoms with E-state index in [0.29, 0.717) is 36.4 Å². The molecule has 0 saturated heterocycles. The van der Waals surface area contributed by atoms with Crippen molar-refractivity contribution in [1.82, 2.24) is 9.21 Å². The molecule has 2 aromatic rings. The SMILES string of the molecule is COc1cc2c(cc1OC)CN(S(=O)(=O)c1c3c(c(OC)c4c1OCO4)C(=O)N(C)CC3)CC2. The lowest BCUT2D eigenvalue weighted by Gasteiger charge is -2.32. The molecule has 0 atom stereocenters. The monoisotopic (exact) mass is 490 g/mol. The summed E-state index contributed by atoms with van der Waals surface area (Å²) in [6, 6.07) is 3.69. The van der Waals surface area contributed by atoms with Gasteiger partial charge in [-0.2, -0.15) is 4.31 Å². The second-order valence-electron chi connectivity index (χ2n) is 8.32. The number of hydrogen-bond donors (Lipinski definition) is 0. The predicted octanol–water partition coefficient (Wildman–Crippen LogP) is 1.82. The van der Waals surface area contributed by atoms with Crippen LogP contribution in [0.5, 0.6) is 28.7 Å². The molecule has 182 valence electrons. The topological polar surface area (TPSA) is 104 Å². The van der Waals surface area contributed by atoms with Crippen LogP contribution in [0.2, 0.25) is 0 Å². The predicted molar refractivity (Wildman–Crippen MR) is 121 cm³/mol. The standard InChI is InChI=1S/C23H26N2O8S/c1-24-7-6-15-18(23(24)26)19(31-4)20-21(33-12-32-20)22(15)34(27,28)25-8-5-13-9-16(29-2)17(30-3)10-14(13)11-25/h9-10H,5-8,11-12H2,1-4H3. The van der Waals surface area contributed by atoms with Crippen LogP contribution < -0.4 is 23.7 Å². The second kappa shape index (κ2) is 8.24. The van der Waals surface area contributed by atoms with Gasteiger partial charge in [-0.25, -0.2) is 8.42 Å². The van der Waals surface area contributed by atoms with Crippen molar-refractivity contribution in [2.45, 2.75) is 24.3 Å². The molecule has 3 aliphatic heterocycles. The number of ether oxygens (including phenoxy) is 5. The van der Waals surface area contributed by atoms with Gasteiger partial charge in [-0.1, -0.05) is 0 Å². The molecule has 2 aromatic carbocycles. The van der Waals surface area contributed by atoms with E-state index in [-0.39, 0.29) is 53.5 Å². The molecule has 0 fully saturated rings. The van der Waals surface area contributed by atoms with Gasteiger partial charge >= 0.3 is 0 Å². The van der Waals surface area contributed by atoms with Crippen LogP contribution in [-0.2, 0) is 29.4 Å². The van der Waals surface area contributed by atoms with E-state index < -0.39 is 10.0 Å².